The van der Waals surface area contributed by atoms with E-state index >= 15 is 0 Å². The van der Waals surface area contributed by atoms with Crippen LogP contribution in [0.1, 0.15) is 60.0 Å². The summed E-state index contributed by atoms with van der Waals surface area (Å²) in [6, 6.07) is 56.1. The van der Waals surface area contributed by atoms with E-state index in [1.165, 1.54) is 60.9 Å². The molecular formula is C51H40N4. The highest BCUT2D eigenvalue weighted by atomic mass is 15.1. The summed E-state index contributed by atoms with van der Waals surface area (Å²) in [4.78, 5) is 11.0. The van der Waals surface area contributed by atoms with Crippen LogP contribution in [0, 0.1) is 13.8 Å². The number of benzene rings is 7. The van der Waals surface area contributed by atoms with Crippen LogP contribution in [0.2, 0.25) is 0 Å². The number of aromatic nitrogens is 4. The van der Waals surface area contributed by atoms with Crippen molar-refractivity contribution in [3.8, 4) is 16.8 Å². The lowest BCUT2D eigenvalue weighted by Gasteiger charge is -2.42. The first kappa shape index (κ1) is 32.0. The molecule has 4 heteroatoms. The molecule has 3 aromatic heterocycles. The molecule has 4 heterocycles. The Bertz CT molecular complexity index is 3160. The van der Waals surface area contributed by atoms with Gasteiger partial charge in [0.05, 0.1) is 38.7 Å². The van der Waals surface area contributed by atoms with Gasteiger partial charge in [0.25, 0.3) is 0 Å². The number of aryl methyl sites for hydroxylation is 2. The predicted molar refractivity (Wildman–Crippen MR) is 228 cm³/mol. The molecule has 264 valence electrons. The molecule has 0 aliphatic carbocycles. The van der Waals surface area contributed by atoms with E-state index in [9.17, 15) is 0 Å². The lowest BCUT2D eigenvalue weighted by molar-refractivity contribution is 0.542. The largest absolute Gasteiger partial charge is 0.309 e. The molecule has 4 nitrogen and oxygen atoms in total. The van der Waals surface area contributed by atoms with E-state index in [4.69, 9.17) is 9.97 Å². The third-order valence-electron chi connectivity index (χ3n) is 12.1. The number of nitrogens with zero attached hydrogens (tertiary/aromatic N) is 4. The summed E-state index contributed by atoms with van der Waals surface area (Å²) in [6.45, 7) is 11.1. The van der Waals surface area contributed by atoms with Crippen LogP contribution in [-0.2, 0) is 10.8 Å². The van der Waals surface area contributed by atoms with Gasteiger partial charge in [0.15, 0.2) is 0 Å². The van der Waals surface area contributed by atoms with Crippen molar-refractivity contribution in [3.05, 3.63) is 191 Å². The van der Waals surface area contributed by atoms with Gasteiger partial charge in [-0.15, -0.1) is 0 Å². The van der Waals surface area contributed by atoms with Crippen molar-refractivity contribution in [2.45, 2.75) is 45.4 Å². The molecule has 1 aliphatic rings. The van der Waals surface area contributed by atoms with E-state index in [0.717, 1.165) is 44.5 Å². The molecule has 55 heavy (non-hydrogen) atoms. The maximum Gasteiger partial charge on any atom is 0.148 e. The summed E-state index contributed by atoms with van der Waals surface area (Å²) in [7, 11) is 0. The third-order valence-corrected chi connectivity index (χ3v) is 12.1. The molecule has 0 unspecified atom stereocenters. The highest BCUT2D eigenvalue weighted by Crippen LogP contribution is 2.55. The molecule has 0 radical (unpaired) electrons. The average molecular weight is 709 g/mol. The molecule has 0 bridgehead atoms. The van der Waals surface area contributed by atoms with E-state index in [1.807, 2.05) is 0 Å². The molecule has 0 saturated carbocycles. The van der Waals surface area contributed by atoms with E-state index in [1.54, 1.807) is 0 Å². The second-order valence-corrected chi connectivity index (χ2v) is 16.4. The molecule has 0 fully saturated rings. The van der Waals surface area contributed by atoms with Crippen molar-refractivity contribution in [1.82, 2.24) is 18.9 Å². The van der Waals surface area contributed by atoms with Gasteiger partial charge in [-0.2, -0.15) is 0 Å². The molecular weight excluding hydrogens is 669 g/mol. The van der Waals surface area contributed by atoms with Gasteiger partial charge in [0.2, 0.25) is 0 Å². The van der Waals surface area contributed by atoms with E-state index in [-0.39, 0.29) is 5.41 Å². The maximum absolute atomic E-state index is 5.65. The third kappa shape index (κ3) is 4.28. The summed E-state index contributed by atoms with van der Waals surface area (Å²) < 4.78 is 4.81. The Kier molecular flexibility index (Phi) is 6.54. The summed E-state index contributed by atoms with van der Waals surface area (Å²) in [5, 5.41) is 3.53. The summed E-state index contributed by atoms with van der Waals surface area (Å²) in [6.07, 6.45) is 0. The van der Waals surface area contributed by atoms with Crippen molar-refractivity contribution in [3.63, 3.8) is 0 Å². The lowest BCUT2D eigenvalue weighted by Crippen LogP contribution is -2.35. The average Bonchev–Trinajstić information content (AvgIpc) is 3.74. The standard InChI is InChI=1S/C51H40N4/c1-31-27-42-45(28-32(31)2)55-48(52-42)38-23-16-22-36(46(38)53-49(55)50(3,4)5)33-29-39-37-21-12-14-25-43(37)54-44-26-15-13-24-40(44)51(41(30-33)47(39)54,34-17-8-6-9-18-34)35-19-10-7-11-20-35/h6-30H,1-5H3. The van der Waals surface area contributed by atoms with Crippen LogP contribution < -0.4 is 0 Å². The fraction of sp³-hybridized carbons (Fsp3) is 0.137. The summed E-state index contributed by atoms with van der Waals surface area (Å²) in [5.74, 6) is 1.00. The molecule has 0 N–H and O–H groups in total. The van der Waals surface area contributed by atoms with Gasteiger partial charge < -0.3 is 4.57 Å². The summed E-state index contributed by atoms with van der Waals surface area (Å²) in [5.41, 5.74) is 16.6. The monoisotopic (exact) mass is 708 g/mol. The van der Waals surface area contributed by atoms with Crippen LogP contribution >= 0.6 is 0 Å². The zero-order valence-electron chi connectivity index (χ0n) is 31.7. The lowest BCUT2D eigenvalue weighted by atomic mass is 9.63. The second-order valence-electron chi connectivity index (χ2n) is 16.4. The Morgan fingerprint density at radius 3 is 1.95 bits per heavy atom. The molecule has 0 spiro atoms. The van der Waals surface area contributed by atoms with Crippen molar-refractivity contribution < 1.29 is 0 Å². The zero-order chi connectivity index (χ0) is 37.2. The van der Waals surface area contributed by atoms with Crippen LogP contribution in [0.25, 0.3) is 66.2 Å². The van der Waals surface area contributed by atoms with Gasteiger partial charge in [-0.1, -0.05) is 130 Å². The predicted octanol–water partition coefficient (Wildman–Crippen LogP) is 12.4. The molecule has 0 saturated heterocycles. The van der Waals surface area contributed by atoms with Gasteiger partial charge in [-0.3, -0.25) is 4.40 Å². The molecule has 10 aromatic rings. The van der Waals surface area contributed by atoms with Crippen molar-refractivity contribution in [2.24, 2.45) is 0 Å². The van der Waals surface area contributed by atoms with Crippen LogP contribution in [0.3, 0.4) is 0 Å². The molecule has 0 amide bonds. The quantitative estimate of drug-likeness (QED) is 0.183. The minimum atomic E-state index is -0.587. The van der Waals surface area contributed by atoms with Gasteiger partial charge in [0, 0.05) is 27.1 Å². The molecule has 11 rings (SSSR count). The normalized spacial score (nSPS) is 13.7. The number of para-hydroxylation sites is 3. The number of imidazole rings is 1. The Hall–Kier alpha value is -6.52. The zero-order valence-corrected chi connectivity index (χ0v) is 31.7. The number of hydrogen-bond donors (Lipinski definition) is 0. The minimum Gasteiger partial charge on any atom is -0.309 e. The maximum atomic E-state index is 5.65. The van der Waals surface area contributed by atoms with Gasteiger partial charge in [0.1, 0.15) is 11.5 Å². The first-order valence-corrected chi connectivity index (χ1v) is 19.3. The smallest absolute Gasteiger partial charge is 0.148 e. The summed E-state index contributed by atoms with van der Waals surface area (Å²) >= 11 is 0. The Morgan fingerprint density at radius 1 is 0.545 bits per heavy atom. The van der Waals surface area contributed by atoms with Crippen LogP contribution in [-0.4, -0.2) is 18.9 Å². The molecule has 0 atom stereocenters. The SMILES string of the molecule is Cc1cc2nc3c4cccc(-c5cc6c7c(c5)c5ccccc5n7-c5ccccc5C6(c5ccccc5)c5ccccc5)c4nc(C(C)(C)C)n3c2cc1C. The highest BCUT2D eigenvalue weighted by Gasteiger charge is 2.45. The Balaban J connectivity index is 1.33. The van der Waals surface area contributed by atoms with E-state index in [2.05, 4.69) is 195 Å². The first-order chi connectivity index (χ1) is 26.7. The van der Waals surface area contributed by atoms with Crippen molar-refractivity contribution >= 4 is 49.4 Å². The van der Waals surface area contributed by atoms with Crippen LogP contribution in [0.15, 0.2) is 152 Å². The van der Waals surface area contributed by atoms with Crippen molar-refractivity contribution in [1.29, 1.82) is 0 Å². The van der Waals surface area contributed by atoms with Gasteiger partial charge in [-0.05, 0) is 95.3 Å². The van der Waals surface area contributed by atoms with Crippen LogP contribution in [0.5, 0.6) is 0 Å². The highest BCUT2D eigenvalue weighted by molar-refractivity contribution is 6.14. The minimum absolute atomic E-state index is 0.241. The van der Waals surface area contributed by atoms with Crippen LogP contribution in [0.4, 0.5) is 0 Å². The second kappa shape index (κ2) is 11.3. The van der Waals surface area contributed by atoms with E-state index in [0.29, 0.717) is 0 Å². The fourth-order valence-electron chi connectivity index (χ4n) is 9.55. The Labute approximate surface area is 320 Å². The van der Waals surface area contributed by atoms with Gasteiger partial charge in [-0.25, -0.2) is 9.97 Å². The fourth-order valence-corrected chi connectivity index (χ4v) is 9.55. The van der Waals surface area contributed by atoms with E-state index < -0.39 is 5.41 Å². The van der Waals surface area contributed by atoms with Crippen molar-refractivity contribution in [2.75, 3.05) is 0 Å². The number of rotatable bonds is 3. The number of fused-ring (bicyclic) bond motifs is 10. The number of hydrogen-bond acceptors (Lipinski definition) is 2. The molecule has 1 aliphatic heterocycles. The van der Waals surface area contributed by atoms with Gasteiger partial charge >= 0.3 is 0 Å². The first-order valence-electron chi connectivity index (χ1n) is 19.3. The Morgan fingerprint density at radius 2 is 1.20 bits per heavy atom. The molecule has 7 aromatic carbocycles. The topological polar surface area (TPSA) is 35.1 Å².